The van der Waals surface area contributed by atoms with Crippen LogP contribution in [0.15, 0.2) is 36.9 Å². The molecule has 2 rings (SSSR count). The molecule has 18 heavy (non-hydrogen) atoms. The van der Waals surface area contributed by atoms with Crippen LogP contribution >= 0.6 is 0 Å². The van der Waals surface area contributed by atoms with Gasteiger partial charge in [0.15, 0.2) is 0 Å². The van der Waals surface area contributed by atoms with Gasteiger partial charge in [-0.2, -0.15) is 13.2 Å². The summed E-state index contributed by atoms with van der Waals surface area (Å²) in [5, 5.41) is 0. The van der Waals surface area contributed by atoms with Crippen molar-refractivity contribution in [2.45, 2.75) is 12.6 Å². The molecule has 0 aliphatic carbocycles. The normalized spacial score (nSPS) is 20.3. The molecule has 1 aromatic rings. The number of hydrogen-bond donors (Lipinski definition) is 0. The Labute approximate surface area is 103 Å². The summed E-state index contributed by atoms with van der Waals surface area (Å²) in [5.74, 6) is -0.379. The van der Waals surface area contributed by atoms with Crippen molar-refractivity contribution in [3.8, 4) is 0 Å². The second-order valence-electron chi connectivity index (χ2n) is 4.22. The van der Waals surface area contributed by atoms with Crippen LogP contribution in [0.1, 0.15) is 12.0 Å². The molecule has 2 nitrogen and oxygen atoms in total. The Bertz CT molecular complexity index is 481. The fraction of sp³-hybridized carbons (Fsp3) is 0.308. The summed E-state index contributed by atoms with van der Waals surface area (Å²) >= 11 is 0. The minimum atomic E-state index is -4.46. The fourth-order valence-corrected chi connectivity index (χ4v) is 2.07. The van der Waals surface area contributed by atoms with Gasteiger partial charge in [-0.05, 0) is 12.1 Å². The molecule has 1 heterocycles. The summed E-state index contributed by atoms with van der Waals surface area (Å²) in [6, 6.07) is 5.13. The van der Waals surface area contributed by atoms with Gasteiger partial charge in [-0.25, -0.2) is 0 Å². The van der Waals surface area contributed by atoms with Crippen molar-refractivity contribution < 1.29 is 18.0 Å². The molecule has 0 radical (unpaired) electrons. The van der Waals surface area contributed by atoms with E-state index in [0.717, 1.165) is 6.07 Å². The Hall–Kier alpha value is -1.78. The molecule has 0 aromatic heterocycles. The predicted molar refractivity (Wildman–Crippen MR) is 62.1 cm³/mol. The lowest BCUT2D eigenvalue weighted by Gasteiger charge is -2.21. The van der Waals surface area contributed by atoms with E-state index in [0.29, 0.717) is 0 Å². The van der Waals surface area contributed by atoms with Gasteiger partial charge in [0, 0.05) is 18.9 Å². The number of halogens is 3. The molecule has 1 aliphatic rings. The van der Waals surface area contributed by atoms with E-state index in [1.54, 1.807) is 6.08 Å². The monoisotopic (exact) mass is 255 g/mol. The molecule has 1 saturated heterocycles. The van der Waals surface area contributed by atoms with Crippen LogP contribution in [-0.2, 0) is 11.0 Å². The highest BCUT2D eigenvalue weighted by atomic mass is 19.4. The summed E-state index contributed by atoms with van der Waals surface area (Å²) in [6.07, 6.45) is -2.63. The third-order valence-electron chi connectivity index (χ3n) is 2.99. The molecule has 96 valence electrons. The standard InChI is InChI=1S/C13H12F3NO/c1-2-9-7-12(18)17(8-9)11-6-4-3-5-10(11)13(14,15)16/h2-6,9H,1,7-8H2. The Balaban J connectivity index is 2.40. The largest absolute Gasteiger partial charge is 0.418 e. The average molecular weight is 255 g/mol. The van der Waals surface area contributed by atoms with Crippen molar-refractivity contribution in [1.29, 1.82) is 0 Å². The smallest absolute Gasteiger partial charge is 0.311 e. The summed E-state index contributed by atoms with van der Waals surface area (Å²) in [5.41, 5.74) is -0.845. The summed E-state index contributed by atoms with van der Waals surface area (Å²) in [6.45, 7) is 3.83. The van der Waals surface area contributed by atoms with Crippen LogP contribution in [0.5, 0.6) is 0 Å². The van der Waals surface area contributed by atoms with Crippen molar-refractivity contribution in [1.82, 2.24) is 0 Å². The van der Waals surface area contributed by atoms with Crippen molar-refractivity contribution in [3.63, 3.8) is 0 Å². The van der Waals surface area contributed by atoms with Crippen LogP contribution in [0.4, 0.5) is 18.9 Å². The molecule has 0 N–H and O–H groups in total. The lowest BCUT2D eigenvalue weighted by atomic mass is 10.1. The zero-order valence-electron chi connectivity index (χ0n) is 9.57. The first-order valence-electron chi connectivity index (χ1n) is 5.52. The molecular formula is C13H12F3NO. The van der Waals surface area contributed by atoms with Crippen LogP contribution in [0.3, 0.4) is 0 Å². The van der Waals surface area contributed by atoms with Crippen molar-refractivity contribution in [2.75, 3.05) is 11.4 Å². The van der Waals surface area contributed by atoms with E-state index in [1.165, 1.54) is 23.1 Å². The van der Waals surface area contributed by atoms with Gasteiger partial charge >= 0.3 is 6.18 Å². The fourth-order valence-electron chi connectivity index (χ4n) is 2.07. The van der Waals surface area contributed by atoms with E-state index in [9.17, 15) is 18.0 Å². The predicted octanol–water partition coefficient (Wildman–Crippen LogP) is 3.24. The number of rotatable bonds is 2. The van der Waals surface area contributed by atoms with Crippen LogP contribution in [-0.4, -0.2) is 12.5 Å². The maximum atomic E-state index is 12.8. The van der Waals surface area contributed by atoms with Gasteiger partial charge in [0.1, 0.15) is 0 Å². The van der Waals surface area contributed by atoms with Gasteiger partial charge in [-0.1, -0.05) is 18.2 Å². The molecular weight excluding hydrogens is 243 g/mol. The third kappa shape index (κ3) is 2.25. The molecule has 0 saturated carbocycles. The molecule has 0 bridgehead atoms. The van der Waals surface area contributed by atoms with E-state index in [2.05, 4.69) is 6.58 Å². The third-order valence-corrected chi connectivity index (χ3v) is 2.99. The van der Waals surface area contributed by atoms with Gasteiger partial charge in [0.2, 0.25) is 5.91 Å². The first-order valence-corrected chi connectivity index (χ1v) is 5.52. The molecule has 0 spiro atoms. The van der Waals surface area contributed by atoms with Gasteiger partial charge in [0.05, 0.1) is 11.3 Å². The molecule has 1 fully saturated rings. The first-order chi connectivity index (χ1) is 8.43. The van der Waals surface area contributed by atoms with E-state index in [-0.39, 0.29) is 30.5 Å². The Morgan fingerprint density at radius 1 is 1.33 bits per heavy atom. The van der Waals surface area contributed by atoms with Gasteiger partial charge in [-0.3, -0.25) is 4.79 Å². The molecule has 1 amide bonds. The SMILES string of the molecule is C=CC1CC(=O)N(c2ccccc2C(F)(F)F)C1. The van der Waals surface area contributed by atoms with Gasteiger partial charge < -0.3 is 4.90 Å². The topological polar surface area (TPSA) is 20.3 Å². The lowest BCUT2D eigenvalue weighted by molar-refractivity contribution is -0.137. The van der Waals surface area contributed by atoms with Gasteiger partial charge in [0.25, 0.3) is 0 Å². The Kier molecular flexibility index (Phi) is 3.15. The highest BCUT2D eigenvalue weighted by Crippen LogP contribution is 2.38. The minimum absolute atomic E-state index is 0.0700. The maximum absolute atomic E-state index is 12.8. The van der Waals surface area contributed by atoms with Crippen LogP contribution in [0.2, 0.25) is 0 Å². The van der Waals surface area contributed by atoms with E-state index in [4.69, 9.17) is 0 Å². The van der Waals surface area contributed by atoms with Crippen LogP contribution in [0, 0.1) is 5.92 Å². The second-order valence-corrected chi connectivity index (χ2v) is 4.22. The average Bonchev–Trinajstić information content (AvgIpc) is 2.69. The summed E-state index contributed by atoms with van der Waals surface area (Å²) in [7, 11) is 0. The number of carbonyl (C=O) groups is 1. The number of benzene rings is 1. The highest BCUT2D eigenvalue weighted by molar-refractivity contribution is 5.96. The molecule has 1 atom stereocenters. The lowest BCUT2D eigenvalue weighted by Crippen LogP contribution is -2.27. The minimum Gasteiger partial charge on any atom is -0.311 e. The Morgan fingerprint density at radius 2 is 2.00 bits per heavy atom. The number of nitrogens with zero attached hydrogens (tertiary/aromatic N) is 1. The zero-order valence-corrected chi connectivity index (χ0v) is 9.57. The number of hydrogen-bond acceptors (Lipinski definition) is 1. The van der Waals surface area contributed by atoms with Gasteiger partial charge in [-0.15, -0.1) is 6.58 Å². The second kappa shape index (κ2) is 4.48. The number of para-hydroxylation sites is 1. The molecule has 1 aliphatic heterocycles. The quantitative estimate of drug-likeness (QED) is 0.743. The summed E-state index contributed by atoms with van der Waals surface area (Å²) in [4.78, 5) is 12.9. The highest BCUT2D eigenvalue weighted by Gasteiger charge is 2.38. The molecule has 1 aromatic carbocycles. The van der Waals surface area contributed by atoms with Crippen LogP contribution < -0.4 is 4.90 Å². The number of amides is 1. The number of anilines is 1. The van der Waals surface area contributed by atoms with E-state index < -0.39 is 11.7 Å². The van der Waals surface area contributed by atoms with E-state index in [1.807, 2.05) is 0 Å². The van der Waals surface area contributed by atoms with E-state index >= 15 is 0 Å². The first kappa shape index (κ1) is 12.7. The van der Waals surface area contributed by atoms with Crippen LogP contribution in [0.25, 0.3) is 0 Å². The van der Waals surface area contributed by atoms with Crippen molar-refractivity contribution in [3.05, 3.63) is 42.5 Å². The zero-order chi connectivity index (χ0) is 13.3. The number of carbonyl (C=O) groups excluding carboxylic acids is 1. The molecule has 5 heteroatoms. The number of alkyl halides is 3. The van der Waals surface area contributed by atoms with Crippen molar-refractivity contribution >= 4 is 11.6 Å². The Morgan fingerprint density at radius 3 is 2.56 bits per heavy atom. The maximum Gasteiger partial charge on any atom is 0.418 e. The van der Waals surface area contributed by atoms with Crippen molar-refractivity contribution in [2.24, 2.45) is 5.92 Å². The summed E-state index contributed by atoms with van der Waals surface area (Å²) < 4.78 is 38.5. The molecule has 1 unspecified atom stereocenters.